The molecule has 1 aromatic rings. The molecule has 0 spiro atoms. The van der Waals surface area contributed by atoms with Gasteiger partial charge in [0.1, 0.15) is 5.82 Å². The van der Waals surface area contributed by atoms with Crippen LogP contribution in [-0.2, 0) is 6.54 Å². The van der Waals surface area contributed by atoms with Crippen LogP contribution in [0.15, 0.2) is 29.6 Å². The van der Waals surface area contributed by atoms with Gasteiger partial charge in [-0.1, -0.05) is 6.07 Å². The molecule has 1 saturated carbocycles. The van der Waals surface area contributed by atoms with Crippen molar-refractivity contribution in [2.45, 2.75) is 25.8 Å². The van der Waals surface area contributed by atoms with Gasteiger partial charge in [-0.15, -0.1) is 0 Å². The quantitative estimate of drug-likeness (QED) is 0.775. The SMILES string of the molecule is CNc1ccc2c(c1)N(C)C(=C1CCC1)NC2. The molecule has 3 nitrogen and oxygen atoms in total. The van der Waals surface area contributed by atoms with Crippen molar-refractivity contribution in [3.8, 4) is 0 Å². The highest BCUT2D eigenvalue weighted by Gasteiger charge is 2.23. The van der Waals surface area contributed by atoms with Gasteiger partial charge in [0.05, 0.1) is 0 Å². The van der Waals surface area contributed by atoms with Crippen molar-refractivity contribution in [3.05, 3.63) is 35.2 Å². The number of rotatable bonds is 1. The van der Waals surface area contributed by atoms with Gasteiger partial charge in [-0.25, -0.2) is 0 Å². The van der Waals surface area contributed by atoms with E-state index in [4.69, 9.17) is 0 Å². The lowest BCUT2D eigenvalue weighted by Crippen LogP contribution is -2.36. The fourth-order valence-corrected chi connectivity index (χ4v) is 2.55. The van der Waals surface area contributed by atoms with E-state index in [0.717, 1.165) is 6.54 Å². The van der Waals surface area contributed by atoms with Crippen molar-refractivity contribution in [2.24, 2.45) is 0 Å². The van der Waals surface area contributed by atoms with E-state index < -0.39 is 0 Å². The summed E-state index contributed by atoms with van der Waals surface area (Å²) in [6, 6.07) is 6.57. The van der Waals surface area contributed by atoms with Crippen LogP contribution in [0.25, 0.3) is 0 Å². The summed E-state index contributed by atoms with van der Waals surface area (Å²) in [5, 5.41) is 6.76. The number of nitrogens with zero attached hydrogens (tertiary/aromatic N) is 1. The molecule has 1 aliphatic heterocycles. The normalized spacial score (nSPS) is 18.4. The molecule has 2 N–H and O–H groups in total. The lowest BCUT2D eigenvalue weighted by Gasteiger charge is -2.36. The topological polar surface area (TPSA) is 27.3 Å². The van der Waals surface area contributed by atoms with Gasteiger partial charge in [-0.05, 0) is 42.5 Å². The van der Waals surface area contributed by atoms with Gasteiger partial charge in [0.2, 0.25) is 0 Å². The Hall–Kier alpha value is -1.64. The van der Waals surface area contributed by atoms with Crippen LogP contribution in [-0.4, -0.2) is 14.1 Å². The van der Waals surface area contributed by atoms with Crippen LogP contribution in [0.2, 0.25) is 0 Å². The van der Waals surface area contributed by atoms with Gasteiger partial charge in [-0.2, -0.15) is 0 Å². The second-order valence-electron chi connectivity index (χ2n) is 4.81. The predicted octanol–water partition coefficient (Wildman–Crippen LogP) is 2.66. The van der Waals surface area contributed by atoms with Crippen LogP contribution in [0.3, 0.4) is 0 Å². The Kier molecular flexibility index (Phi) is 2.46. The van der Waals surface area contributed by atoms with E-state index in [2.05, 4.69) is 40.8 Å². The molecule has 1 fully saturated rings. The van der Waals surface area contributed by atoms with Crippen molar-refractivity contribution in [1.29, 1.82) is 0 Å². The number of anilines is 2. The van der Waals surface area contributed by atoms with Crippen LogP contribution >= 0.6 is 0 Å². The lowest BCUT2D eigenvalue weighted by molar-refractivity contribution is 0.607. The molecule has 3 heteroatoms. The lowest BCUT2D eigenvalue weighted by atomic mass is 9.91. The van der Waals surface area contributed by atoms with E-state index in [9.17, 15) is 0 Å². The summed E-state index contributed by atoms with van der Waals surface area (Å²) in [6.45, 7) is 0.947. The summed E-state index contributed by atoms with van der Waals surface area (Å²) in [6.07, 6.45) is 3.86. The number of benzene rings is 1. The van der Waals surface area contributed by atoms with E-state index >= 15 is 0 Å². The molecule has 0 atom stereocenters. The third kappa shape index (κ3) is 1.66. The second-order valence-corrected chi connectivity index (χ2v) is 4.81. The van der Waals surface area contributed by atoms with Crippen LogP contribution in [0, 0.1) is 0 Å². The monoisotopic (exact) mass is 229 g/mol. The zero-order valence-electron chi connectivity index (χ0n) is 10.5. The molecule has 90 valence electrons. The first-order chi connectivity index (χ1) is 8.29. The fraction of sp³-hybridized carbons (Fsp3) is 0.429. The van der Waals surface area contributed by atoms with E-state index in [1.165, 1.54) is 42.0 Å². The Labute approximate surface area is 103 Å². The Balaban J connectivity index is 2.00. The van der Waals surface area contributed by atoms with Crippen LogP contribution in [0.5, 0.6) is 0 Å². The van der Waals surface area contributed by atoms with Crippen molar-refractivity contribution < 1.29 is 0 Å². The van der Waals surface area contributed by atoms with E-state index in [1.54, 1.807) is 5.57 Å². The van der Waals surface area contributed by atoms with Crippen LogP contribution in [0.1, 0.15) is 24.8 Å². The van der Waals surface area contributed by atoms with Gasteiger partial charge < -0.3 is 15.5 Å². The minimum absolute atomic E-state index is 0.947. The zero-order chi connectivity index (χ0) is 11.8. The molecule has 0 saturated heterocycles. The highest BCUT2D eigenvalue weighted by atomic mass is 15.3. The Morgan fingerprint density at radius 3 is 2.76 bits per heavy atom. The summed E-state index contributed by atoms with van der Waals surface area (Å²) >= 11 is 0. The first-order valence-electron chi connectivity index (χ1n) is 6.30. The third-order valence-electron chi connectivity index (χ3n) is 3.81. The molecular weight excluding hydrogens is 210 g/mol. The first-order valence-corrected chi connectivity index (χ1v) is 6.30. The van der Waals surface area contributed by atoms with Gasteiger partial charge in [0.25, 0.3) is 0 Å². The Bertz CT molecular complexity index is 470. The van der Waals surface area contributed by atoms with Crippen LogP contribution < -0.4 is 15.5 Å². The minimum atomic E-state index is 0.947. The van der Waals surface area contributed by atoms with Crippen molar-refractivity contribution in [2.75, 3.05) is 24.3 Å². The van der Waals surface area contributed by atoms with E-state index in [1.807, 2.05) is 7.05 Å². The Morgan fingerprint density at radius 1 is 1.29 bits per heavy atom. The smallest absolute Gasteiger partial charge is 0.105 e. The fourth-order valence-electron chi connectivity index (χ4n) is 2.55. The summed E-state index contributed by atoms with van der Waals surface area (Å²) in [7, 11) is 4.12. The van der Waals surface area contributed by atoms with E-state index in [0.29, 0.717) is 0 Å². The summed E-state index contributed by atoms with van der Waals surface area (Å²) in [5.41, 5.74) is 5.45. The number of fused-ring (bicyclic) bond motifs is 1. The predicted molar refractivity (Wildman–Crippen MR) is 72.1 cm³/mol. The van der Waals surface area contributed by atoms with Gasteiger partial charge in [-0.3, -0.25) is 0 Å². The molecular formula is C14H19N3. The summed E-state index contributed by atoms with van der Waals surface area (Å²) in [4.78, 5) is 2.30. The highest BCUT2D eigenvalue weighted by Crippen LogP contribution is 2.35. The standard InChI is InChI=1S/C14H19N3/c1-15-12-7-6-11-9-16-14(10-4-3-5-10)17(2)13(11)8-12/h6-8,15-16H,3-5,9H2,1-2H3. The molecule has 1 aromatic carbocycles. The van der Waals surface area contributed by atoms with Crippen molar-refractivity contribution in [3.63, 3.8) is 0 Å². The van der Waals surface area contributed by atoms with Gasteiger partial charge >= 0.3 is 0 Å². The Morgan fingerprint density at radius 2 is 2.12 bits per heavy atom. The highest BCUT2D eigenvalue weighted by molar-refractivity contribution is 5.66. The maximum atomic E-state index is 3.55. The number of hydrogen-bond donors (Lipinski definition) is 2. The average molecular weight is 229 g/mol. The van der Waals surface area contributed by atoms with Gasteiger partial charge in [0, 0.05) is 32.0 Å². The molecule has 1 heterocycles. The van der Waals surface area contributed by atoms with Crippen LogP contribution in [0.4, 0.5) is 11.4 Å². The number of allylic oxidation sites excluding steroid dienone is 1. The molecule has 2 aliphatic rings. The van der Waals surface area contributed by atoms with Gasteiger partial charge in [0.15, 0.2) is 0 Å². The minimum Gasteiger partial charge on any atom is -0.388 e. The zero-order valence-corrected chi connectivity index (χ0v) is 10.5. The summed E-state index contributed by atoms with van der Waals surface area (Å²) < 4.78 is 0. The van der Waals surface area contributed by atoms with E-state index in [-0.39, 0.29) is 0 Å². The molecule has 1 aliphatic carbocycles. The summed E-state index contributed by atoms with van der Waals surface area (Å²) in [5.74, 6) is 1.33. The largest absolute Gasteiger partial charge is 0.388 e. The average Bonchev–Trinajstić information content (AvgIpc) is 2.30. The second kappa shape index (κ2) is 3.99. The maximum Gasteiger partial charge on any atom is 0.105 e. The number of nitrogens with one attached hydrogen (secondary N) is 2. The molecule has 0 radical (unpaired) electrons. The molecule has 3 rings (SSSR count). The molecule has 0 bridgehead atoms. The maximum absolute atomic E-state index is 3.55. The molecule has 0 aromatic heterocycles. The third-order valence-corrected chi connectivity index (χ3v) is 3.81. The molecule has 0 unspecified atom stereocenters. The first kappa shape index (κ1) is 10.5. The molecule has 0 amide bonds. The van der Waals surface area contributed by atoms with Crippen molar-refractivity contribution in [1.82, 2.24) is 5.32 Å². The molecule has 17 heavy (non-hydrogen) atoms. The van der Waals surface area contributed by atoms with Crippen molar-refractivity contribution >= 4 is 11.4 Å². The number of hydrogen-bond acceptors (Lipinski definition) is 3.